The maximum absolute atomic E-state index is 12.8. The molecule has 2 amide bonds. The summed E-state index contributed by atoms with van der Waals surface area (Å²) in [7, 11) is 0. The molecule has 1 aromatic heterocycles. The predicted molar refractivity (Wildman–Crippen MR) is 160 cm³/mol. The van der Waals surface area contributed by atoms with E-state index in [0.29, 0.717) is 6.42 Å². The Bertz CT molecular complexity index is 1490. The van der Waals surface area contributed by atoms with Crippen LogP contribution in [0.15, 0.2) is 95.5 Å². The number of ether oxygens (including phenoxy) is 3. The van der Waals surface area contributed by atoms with E-state index in [0.717, 1.165) is 16.7 Å². The number of carbonyl (C=O) groups excluding carboxylic acids is 3. The third-order valence-electron chi connectivity index (χ3n) is 6.16. The van der Waals surface area contributed by atoms with Gasteiger partial charge in [0.25, 0.3) is 0 Å². The number of carbonyl (C=O) groups is 3. The number of nitrogens with one attached hydrogen (secondary N) is 2. The summed E-state index contributed by atoms with van der Waals surface area (Å²) in [5, 5.41) is 9.52. The van der Waals surface area contributed by atoms with Crippen LogP contribution in [0, 0.1) is 0 Å². The molecule has 11 heteroatoms. The lowest BCUT2D eigenvalue weighted by atomic mass is 10.1. The molecule has 11 nitrogen and oxygen atoms in total. The molecule has 0 spiro atoms. The van der Waals surface area contributed by atoms with Gasteiger partial charge in [0.1, 0.15) is 24.9 Å². The van der Waals surface area contributed by atoms with Gasteiger partial charge in [-0.1, -0.05) is 96.2 Å². The number of hydrogen-bond donors (Lipinski definition) is 2. The highest BCUT2D eigenvalue weighted by molar-refractivity contribution is 5.73. The molecule has 0 fully saturated rings. The van der Waals surface area contributed by atoms with Crippen molar-refractivity contribution < 1.29 is 33.1 Å². The number of alkyl carbamates (subject to hydrolysis) is 2. The molecule has 0 unspecified atom stereocenters. The Kier molecular flexibility index (Phi) is 11.1. The van der Waals surface area contributed by atoms with Gasteiger partial charge in [-0.15, -0.1) is 0 Å². The molecule has 0 aliphatic rings. The van der Waals surface area contributed by atoms with Crippen LogP contribution in [0.2, 0.25) is 0 Å². The first-order valence-electron chi connectivity index (χ1n) is 14.2. The van der Waals surface area contributed by atoms with Crippen LogP contribution in [0.5, 0.6) is 0 Å². The Labute approximate surface area is 255 Å². The molecule has 3 aromatic carbocycles. The second-order valence-electron chi connectivity index (χ2n) is 11.0. The van der Waals surface area contributed by atoms with Gasteiger partial charge in [-0.3, -0.25) is 4.79 Å². The summed E-state index contributed by atoms with van der Waals surface area (Å²) in [5.74, 6) is -0.521. The number of rotatable bonds is 12. The van der Waals surface area contributed by atoms with Crippen LogP contribution in [0.4, 0.5) is 9.59 Å². The van der Waals surface area contributed by atoms with E-state index in [4.69, 9.17) is 18.7 Å². The molecule has 2 atom stereocenters. The first kappa shape index (κ1) is 31.7. The summed E-state index contributed by atoms with van der Waals surface area (Å²) >= 11 is 0. The third-order valence-corrected chi connectivity index (χ3v) is 6.16. The third kappa shape index (κ3) is 10.6. The quantitative estimate of drug-likeness (QED) is 0.148. The monoisotopic (exact) mass is 600 g/mol. The van der Waals surface area contributed by atoms with Gasteiger partial charge in [0.15, 0.2) is 5.82 Å². The smallest absolute Gasteiger partial charge is 0.408 e. The van der Waals surface area contributed by atoms with Crippen LogP contribution in [0.25, 0.3) is 0 Å². The predicted octanol–water partition coefficient (Wildman–Crippen LogP) is 5.98. The molecule has 44 heavy (non-hydrogen) atoms. The van der Waals surface area contributed by atoms with Crippen LogP contribution in [0.1, 0.15) is 67.7 Å². The minimum atomic E-state index is -1.06. The van der Waals surface area contributed by atoms with Crippen molar-refractivity contribution in [3.05, 3.63) is 119 Å². The molecule has 2 N–H and O–H groups in total. The Balaban J connectivity index is 1.51. The van der Waals surface area contributed by atoms with E-state index in [1.54, 1.807) is 20.8 Å². The van der Waals surface area contributed by atoms with E-state index in [9.17, 15) is 14.4 Å². The molecule has 0 radical (unpaired) electrons. The first-order chi connectivity index (χ1) is 21.1. The van der Waals surface area contributed by atoms with E-state index in [1.165, 1.54) is 0 Å². The van der Waals surface area contributed by atoms with Crippen molar-refractivity contribution >= 4 is 18.2 Å². The molecule has 0 bridgehead atoms. The fourth-order valence-corrected chi connectivity index (χ4v) is 4.11. The molecule has 4 rings (SSSR count). The standard InChI is InChI=1S/C33H36N4O7/c1-33(2,3)43-32(40)35-27(20-28(38)41-21-24-15-9-5-10-16-24)30-36-29(37-44-30)26(19-23-13-7-4-8-14-23)34-31(39)42-22-25-17-11-6-12-18-25/h4-18,26-27H,19-22H2,1-3H3,(H,34,39)(H,35,40)/t26-,27-/m0/s1. The summed E-state index contributed by atoms with van der Waals surface area (Å²) in [6, 6.07) is 26.1. The number of nitrogens with zero attached hydrogens (tertiary/aromatic N) is 2. The first-order valence-corrected chi connectivity index (χ1v) is 14.2. The molecule has 1 heterocycles. The van der Waals surface area contributed by atoms with E-state index in [2.05, 4.69) is 20.8 Å². The van der Waals surface area contributed by atoms with Gasteiger partial charge in [0.05, 0.1) is 12.5 Å². The number of amides is 2. The van der Waals surface area contributed by atoms with E-state index in [-0.39, 0.29) is 31.3 Å². The minimum Gasteiger partial charge on any atom is -0.461 e. The van der Waals surface area contributed by atoms with Gasteiger partial charge in [0.2, 0.25) is 5.89 Å². The van der Waals surface area contributed by atoms with Crippen LogP contribution in [0.3, 0.4) is 0 Å². The zero-order valence-corrected chi connectivity index (χ0v) is 24.9. The lowest BCUT2D eigenvalue weighted by molar-refractivity contribution is -0.145. The van der Waals surface area contributed by atoms with Crippen molar-refractivity contribution in [1.82, 2.24) is 20.8 Å². The lowest BCUT2D eigenvalue weighted by Crippen LogP contribution is -2.36. The van der Waals surface area contributed by atoms with Crippen LogP contribution >= 0.6 is 0 Å². The van der Waals surface area contributed by atoms with Crippen LogP contribution < -0.4 is 10.6 Å². The zero-order valence-electron chi connectivity index (χ0n) is 24.9. The largest absolute Gasteiger partial charge is 0.461 e. The van der Waals surface area contributed by atoms with Gasteiger partial charge >= 0.3 is 18.2 Å². The van der Waals surface area contributed by atoms with Gasteiger partial charge in [-0.05, 0) is 37.5 Å². The zero-order chi connectivity index (χ0) is 31.4. The molecular formula is C33H36N4O7. The molecule has 4 aromatic rings. The summed E-state index contributed by atoms with van der Waals surface area (Å²) in [5.41, 5.74) is 1.76. The average Bonchev–Trinajstić information content (AvgIpc) is 3.50. The highest BCUT2D eigenvalue weighted by atomic mass is 16.6. The maximum atomic E-state index is 12.8. The topological polar surface area (TPSA) is 142 Å². The fraction of sp³-hybridized carbons (Fsp3) is 0.303. The summed E-state index contributed by atoms with van der Waals surface area (Å²) in [4.78, 5) is 42.7. The van der Waals surface area contributed by atoms with Gasteiger partial charge in [-0.25, -0.2) is 9.59 Å². The fourth-order valence-electron chi connectivity index (χ4n) is 4.11. The van der Waals surface area contributed by atoms with Crippen molar-refractivity contribution in [2.24, 2.45) is 0 Å². The summed E-state index contributed by atoms with van der Waals surface area (Å²) in [6.07, 6.45) is -1.43. The Morgan fingerprint density at radius 3 is 1.82 bits per heavy atom. The summed E-state index contributed by atoms with van der Waals surface area (Å²) in [6.45, 7) is 5.29. The van der Waals surface area contributed by atoms with Gasteiger partial charge in [-0.2, -0.15) is 4.98 Å². The summed E-state index contributed by atoms with van der Waals surface area (Å²) < 4.78 is 21.7. The lowest BCUT2D eigenvalue weighted by Gasteiger charge is -2.22. The number of hydrogen-bond acceptors (Lipinski definition) is 9. The molecule has 0 aliphatic heterocycles. The van der Waals surface area contributed by atoms with E-state index in [1.807, 2.05) is 91.0 Å². The molecular weight excluding hydrogens is 564 g/mol. The minimum absolute atomic E-state index is 0.0555. The normalized spacial score (nSPS) is 12.4. The van der Waals surface area contributed by atoms with Crippen molar-refractivity contribution in [3.63, 3.8) is 0 Å². The number of aromatic nitrogens is 2. The number of esters is 1. The molecule has 0 aliphatic carbocycles. The number of benzene rings is 3. The Hall–Kier alpha value is -5.19. The van der Waals surface area contributed by atoms with Gasteiger partial charge in [0, 0.05) is 6.42 Å². The van der Waals surface area contributed by atoms with Crippen LogP contribution in [-0.2, 0) is 38.6 Å². The molecule has 230 valence electrons. The van der Waals surface area contributed by atoms with E-state index < -0.39 is 35.8 Å². The van der Waals surface area contributed by atoms with Gasteiger partial charge < -0.3 is 29.4 Å². The van der Waals surface area contributed by atoms with Crippen molar-refractivity contribution in [1.29, 1.82) is 0 Å². The highest BCUT2D eigenvalue weighted by Gasteiger charge is 2.30. The van der Waals surface area contributed by atoms with Crippen LogP contribution in [-0.4, -0.2) is 33.9 Å². The molecule has 0 saturated carbocycles. The SMILES string of the molecule is CC(C)(C)OC(=O)N[C@@H](CC(=O)OCc1ccccc1)c1nc([C@H](Cc2ccccc2)NC(=O)OCc2ccccc2)no1. The molecule has 0 saturated heterocycles. The van der Waals surface area contributed by atoms with Crippen molar-refractivity contribution in [3.8, 4) is 0 Å². The van der Waals surface area contributed by atoms with Crippen molar-refractivity contribution in [2.75, 3.05) is 0 Å². The maximum Gasteiger partial charge on any atom is 0.408 e. The average molecular weight is 601 g/mol. The second kappa shape index (κ2) is 15.3. The Morgan fingerprint density at radius 2 is 1.25 bits per heavy atom. The van der Waals surface area contributed by atoms with E-state index >= 15 is 0 Å². The second-order valence-corrected chi connectivity index (χ2v) is 11.0. The highest BCUT2D eigenvalue weighted by Crippen LogP contribution is 2.22. The Morgan fingerprint density at radius 1 is 0.727 bits per heavy atom. The van der Waals surface area contributed by atoms with Crippen molar-refractivity contribution in [2.45, 2.75) is 64.5 Å².